The summed E-state index contributed by atoms with van der Waals surface area (Å²) < 4.78 is 26.8. The van der Waals surface area contributed by atoms with Crippen molar-refractivity contribution in [3.63, 3.8) is 0 Å². The molecule has 2 rings (SSSR count). The van der Waals surface area contributed by atoms with Crippen LogP contribution >= 0.6 is 0 Å². The Labute approximate surface area is 123 Å². The minimum atomic E-state index is -3.72. The Morgan fingerprint density at radius 2 is 1.76 bits per heavy atom. The number of hydrogen-bond donors (Lipinski definition) is 3. The maximum absolute atomic E-state index is 12.2. The molecule has 0 atom stereocenters. The lowest BCUT2D eigenvalue weighted by Crippen LogP contribution is -2.14. The molecule has 1 aromatic heterocycles. The average Bonchev–Trinajstić information content (AvgIpc) is 2.49. The lowest BCUT2D eigenvalue weighted by molar-refractivity contribution is 0.299. The summed E-state index contributed by atoms with van der Waals surface area (Å²) in [4.78, 5) is 7.74. The molecule has 0 fully saturated rings. The summed E-state index contributed by atoms with van der Waals surface area (Å²) in [6.45, 7) is 0.0558. The second kappa shape index (κ2) is 6.51. The second-order valence-corrected chi connectivity index (χ2v) is 5.95. The first-order valence-corrected chi connectivity index (χ1v) is 7.76. The van der Waals surface area contributed by atoms with Crippen LogP contribution in [0.5, 0.6) is 0 Å². The minimum absolute atomic E-state index is 0.0130. The van der Waals surface area contributed by atoms with E-state index in [-0.39, 0.29) is 11.5 Å². The van der Waals surface area contributed by atoms with E-state index in [4.69, 9.17) is 5.11 Å². The van der Waals surface area contributed by atoms with Gasteiger partial charge in [0.2, 0.25) is 5.95 Å². The van der Waals surface area contributed by atoms with Crippen LogP contribution in [0.2, 0.25) is 0 Å². The van der Waals surface area contributed by atoms with E-state index in [0.717, 1.165) is 5.56 Å². The predicted molar refractivity (Wildman–Crippen MR) is 79.6 cm³/mol. The van der Waals surface area contributed by atoms with Crippen LogP contribution in [0, 0.1) is 0 Å². The summed E-state index contributed by atoms with van der Waals surface area (Å²) in [5, 5.41) is 11.6. The minimum Gasteiger partial charge on any atom is -0.396 e. The molecule has 0 spiro atoms. The molecule has 0 amide bonds. The van der Waals surface area contributed by atoms with E-state index in [9.17, 15) is 8.42 Å². The summed E-state index contributed by atoms with van der Waals surface area (Å²) in [6, 6.07) is 6.81. The van der Waals surface area contributed by atoms with Gasteiger partial charge >= 0.3 is 0 Å². The normalized spacial score (nSPS) is 11.1. The van der Waals surface area contributed by atoms with Gasteiger partial charge in [0, 0.05) is 19.3 Å². The van der Waals surface area contributed by atoms with Crippen LogP contribution in [0.3, 0.4) is 0 Å². The molecule has 2 aromatic rings. The lowest BCUT2D eigenvalue weighted by Gasteiger charge is -2.08. The molecule has 112 valence electrons. The van der Waals surface area contributed by atoms with E-state index in [1.54, 1.807) is 31.3 Å². The van der Waals surface area contributed by atoms with Crippen LogP contribution in [0.25, 0.3) is 0 Å². The first kappa shape index (κ1) is 15.2. The number of aromatic nitrogens is 2. The van der Waals surface area contributed by atoms with E-state index < -0.39 is 10.0 Å². The van der Waals surface area contributed by atoms with Crippen molar-refractivity contribution in [2.45, 2.75) is 11.3 Å². The van der Waals surface area contributed by atoms with Gasteiger partial charge in [-0.3, -0.25) is 4.72 Å². The van der Waals surface area contributed by atoms with Crippen molar-refractivity contribution in [1.29, 1.82) is 0 Å². The molecule has 1 heterocycles. The van der Waals surface area contributed by atoms with Crippen LogP contribution in [-0.2, 0) is 16.4 Å². The molecular weight excluding hydrogens is 292 g/mol. The van der Waals surface area contributed by atoms with E-state index in [1.165, 1.54) is 12.4 Å². The van der Waals surface area contributed by atoms with Gasteiger partial charge in [0.15, 0.2) is 0 Å². The van der Waals surface area contributed by atoms with Crippen molar-refractivity contribution in [2.24, 2.45) is 0 Å². The zero-order valence-corrected chi connectivity index (χ0v) is 12.3. The van der Waals surface area contributed by atoms with Crippen LogP contribution in [-0.4, -0.2) is 37.1 Å². The number of nitrogens with one attached hydrogen (secondary N) is 2. The highest BCUT2D eigenvalue weighted by molar-refractivity contribution is 7.92. The monoisotopic (exact) mass is 308 g/mol. The highest BCUT2D eigenvalue weighted by Gasteiger charge is 2.15. The zero-order chi connectivity index (χ0) is 15.3. The van der Waals surface area contributed by atoms with Gasteiger partial charge in [-0.25, -0.2) is 18.4 Å². The van der Waals surface area contributed by atoms with Crippen molar-refractivity contribution in [2.75, 3.05) is 23.7 Å². The predicted octanol–water partition coefficient (Wildman–Crippen LogP) is 0.854. The van der Waals surface area contributed by atoms with Crippen LogP contribution in [0.4, 0.5) is 11.6 Å². The summed E-state index contributed by atoms with van der Waals surface area (Å²) in [6.07, 6.45) is 3.01. The molecule has 0 saturated carbocycles. The number of sulfonamides is 1. The van der Waals surface area contributed by atoms with Gasteiger partial charge in [0.1, 0.15) is 4.90 Å². The lowest BCUT2D eigenvalue weighted by atomic mass is 10.1. The zero-order valence-electron chi connectivity index (χ0n) is 11.4. The highest BCUT2D eigenvalue weighted by atomic mass is 32.2. The number of benzene rings is 1. The van der Waals surface area contributed by atoms with E-state index in [2.05, 4.69) is 20.0 Å². The van der Waals surface area contributed by atoms with Crippen molar-refractivity contribution < 1.29 is 13.5 Å². The largest absolute Gasteiger partial charge is 0.396 e. The number of hydrogen-bond acceptors (Lipinski definition) is 6. The number of aliphatic hydroxyl groups excluding tert-OH is 1. The van der Waals surface area contributed by atoms with Gasteiger partial charge in [-0.05, 0) is 24.1 Å². The number of aliphatic hydroxyl groups is 1. The molecule has 0 aliphatic carbocycles. The van der Waals surface area contributed by atoms with E-state index in [1.807, 2.05) is 0 Å². The van der Waals surface area contributed by atoms with Crippen molar-refractivity contribution in [3.8, 4) is 0 Å². The third-order valence-corrected chi connectivity index (χ3v) is 4.10. The summed E-state index contributed by atoms with van der Waals surface area (Å²) in [5.41, 5.74) is 1.37. The van der Waals surface area contributed by atoms with E-state index >= 15 is 0 Å². The Morgan fingerprint density at radius 1 is 1.14 bits per heavy atom. The fourth-order valence-corrected chi connectivity index (χ4v) is 2.61. The first-order valence-electron chi connectivity index (χ1n) is 6.27. The van der Waals surface area contributed by atoms with Crippen molar-refractivity contribution >= 4 is 21.7 Å². The molecule has 0 unspecified atom stereocenters. The molecule has 0 aliphatic heterocycles. The smallest absolute Gasteiger partial charge is 0.264 e. The van der Waals surface area contributed by atoms with Crippen LogP contribution in [0.1, 0.15) is 5.56 Å². The number of rotatable bonds is 6. The molecule has 0 aliphatic rings. The Kier molecular flexibility index (Phi) is 4.71. The van der Waals surface area contributed by atoms with Crippen molar-refractivity contribution in [3.05, 3.63) is 42.2 Å². The SMILES string of the molecule is CNc1ncc(S(=O)(=O)Nc2ccc(CCO)cc2)cn1. The second-order valence-electron chi connectivity index (χ2n) is 4.27. The molecule has 8 heteroatoms. The number of anilines is 2. The van der Waals surface area contributed by atoms with Gasteiger partial charge in [0.05, 0.1) is 12.4 Å². The molecule has 21 heavy (non-hydrogen) atoms. The van der Waals surface area contributed by atoms with Gasteiger partial charge in [-0.1, -0.05) is 12.1 Å². The van der Waals surface area contributed by atoms with Gasteiger partial charge in [-0.15, -0.1) is 0 Å². The maximum Gasteiger partial charge on any atom is 0.264 e. The Morgan fingerprint density at radius 3 is 2.29 bits per heavy atom. The van der Waals surface area contributed by atoms with Crippen LogP contribution < -0.4 is 10.0 Å². The molecule has 0 radical (unpaired) electrons. The fourth-order valence-electron chi connectivity index (χ4n) is 1.67. The summed E-state index contributed by atoms with van der Waals surface area (Å²) in [7, 11) is -2.07. The first-order chi connectivity index (χ1) is 10.0. The van der Waals surface area contributed by atoms with Gasteiger partial charge < -0.3 is 10.4 Å². The topological polar surface area (TPSA) is 104 Å². The molecule has 0 saturated heterocycles. The quantitative estimate of drug-likeness (QED) is 0.731. The molecule has 1 aromatic carbocycles. The Hall–Kier alpha value is -2.19. The maximum atomic E-state index is 12.2. The average molecular weight is 308 g/mol. The van der Waals surface area contributed by atoms with Crippen LogP contribution in [0.15, 0.2) is 41.6 Å². The third-order valence-electron chi connectivity index (χ3n) is 2.77. The molecule has 3 N–H and O–H groups in total. The molecule has 0 bridgehead atoms. The fraction of sp³-hybridized carbons (Fsp3) is 0.231. The van der Waals surface area contributed by atoms with Crippen molar-refractivity contribution in [1.82, 2.24) is 9.97 Å². The summed E-state index contributed by atoms with van der Waals surface area (Å²) in [5.74, 6) is 0.349. The van der Waals surface area contributed by atoms with Gasteiger partial charge in [-0.2, -0.15) is 0 Å². The highest BCUT2D eigenvalue weighted by Crippen LogP contribution is 2.16. The summed E-state index contributed by atoms with van der Waals surface area (Å²) >= 11 is 0. The molecular formula is C13H16N4O3S. The molecule has 7 nitrogen and oxygen atoms in total. The van der Waals surface area contributed by atoms with E-state index in [0.29, 0.717) is 18.1 Å². The number of nitrogens with zero attached hydrogens (tertiary/aromatic N) is 2. The Balaban J connectivity index is 2.16. The Bertz CT molecular complexity index is 684. The van der Waals surface area contributed by atoms with Gasteiger partial charge in [0.25, 0.3) is 10.0 Å². The standard InChI is InChI=1S/C13H16N4O3S/c1-14-13-15-8-12(9-16-13)21(19,20)17-11-4-2-10(3-5-11)6-7-18/h2-5,8-9,17-18H,6-7H2,1H3,(H,14,15,16). The third kappa shape index (κ3) is 3.89.